The van der Waals surface area contributed by atoms with Gasteiger partial charge in [-0.05, 0) is 25.5 Å². The van der Waals surface area contributed by atoms with Gasteiger partial charge >= 0.3 is 0 Å². The minimum atomic E-state index is 0.257. The monoisotopic (exact) mass is 340 g/mol. The Morgan fingerprint density at radius 2 is 1.96 bits per heavy atom. The molecule has 1 aliphatic rings. The van der Waals surface area contributed by atoms with Gasteiger partial charge in [0, 0.05) is 58.0 Å². The van der Waals surface area contributed by atoms with Crippen molar-refractivity contribution in [1.29, 1.82) is 0 Å². The lowest BCUT2D eigenvalue weighted by molar-refractivity contribution is -0.132. The molecule has 2 heterocycles. The first kappa shape index (κ1) is 17.7. The van der Waals surface area contributed by atoms with E-state index in [0.29, 0.717) is 12.5 Å². The van der Waals surface area contributed by atoms with Gasteiger partial charge in [-0.3, -0.25) is 9.69 Å². The minimum absolute atomic E-state index is 0.257. The van der Waals surface area contributed by atoms with E-state index in [2.05, 4.69) is 47.3 Å². The van der Waals surface area contributed by atoms with Crippen LogP contribution in [0.2, 0.25) is 0 Å². The molecule has 25 heavy (non-hydrogen) atoms. The zero-order valence-corrected chi connectivity index (χ0v) is 15.3. The fourth-order valence-electron chi connectivity index (χ4n) is 3.57. The number of imidazole rings is 1. The van der Waals surface area contributed by atoms with E-state index >= 15 is 0 Å². The van der Waals surface area contributed by atoms with Crippen molar-refractivity contribution in [3.8, 4) is 0 Å². The minimum Gasteiger partial charge on any atom is -0.343 e. The Hall–Kier alpha value is -2.14. The fraction of sp³-hybridized carbons (Fsp3) is 0.500. The zero-order chi connectivity index (χ0) is 17.6. The van der Waals surface area contributed by atoms with Crippen LogP contribution in [0.3, 0.4) is 0 Å². The summed E-state index contributed by atoms with van der Waals surface area (Å²) in [5.41, 5.74) is 1.35. The molecule has 0 saturated carbocycles. The van der Waals surface area contributed by atoms with Crippen molar-refractivity contribution in [2.45, 2.75) is 38.3 Å². The van der Waals surface area contributed by atoms with Gasteiger partial charge in [-0.15, -0.1) is 0 Å². The molecular formula is C20H28N4O. The summed E-state index contributed by atoms with van der Waals surface area (Å²) < 4.78 is 1.98. The second-order valence-electron chi connectivity index (χ2n) is 6.97. The van der Waals surface area contributed by atoms with E-state index in [9.17, 15) is 4.79 Å². The number of benzene rings is 1. The molecule has 2 aromatic rings. The number of carbonyl (C=O) groups is 1. The zero-order valence-electron chi connectivity index (χ0n) is 15.3. The smallest absolute Gasteiger partial charge is 0.223 e. The van der Waals surface area contributed by atoms with Gasteiger partial charge in [0.05, 0.1) is 0 Å². The fourth-order valence-corrected chi connectivity index (χ4v) is 3.57. The Morgan fingerprint density at radius 1 is 1.24 bits per heavy atom. The number of carbonyl (C=O) groups excluding carboxylic acids is 1. The predicted octanol–water partition coefficient (Wildman–Crippen LogP) is 2.48. The van der Waals surface area contributed by atoms with Crippen molar-refractivity contribution in [2.24, 2.45) is 7.05 Å². The van der Waals surface area contributed by atoms with Crippen molar-refractivity contribution >= 4 is 5.91 Å². The van der Waals surface area contributed by atoms with Crippen LogP contribution in [0.25, 0.3) is 0 Å². The van der Waals surface area contributed by atoms with Crippen LogP contribution in [0.5, 0.6) is 0 Å². The highest BCUT2D eigenvalue weighted by atomic mass is 16.2. The van der Waals surface area contributed by atoms with Crippen LogP contribution in [0, 0.1) is 0 Å². The Kier molecular flexibility index (Phi) is 5.87. The molecule has 0 atom stereocenters. The highest BCUT2D eigenvalue weighted by Gasteiger charge is 2.25. The molecule has 5 nitrogen and oxygen atoms in total. The maximum Gasteiger partial charge on any atom is 0.223 e. The Bertz CT molecular complexity index is 674. The first-order valence-corrected chi connectivity index (χ1v) is 9.11. The molecule has 1 aromatic heterocycles. The summed E-state index contributed by atoms with van der Waals surface area (Å²) in [6.07, 6.45) is 7.09. The number of likely N-dealkylation sites (tertiary alicyclic amines) is 1. The van der Waals surface area contributed by atoms with Crippen LogP contribution >= 0.6 is 0 Å². The number of rotatable bonds is 6. The number of nitrogens with zero attached hydrogens (tertiary/aromatic N) is 4. The lowest BCUT2D eigenvalue weighted by Crippen LogP contribution is -2.45. The van der Waals surface area contributed by atoms with E-state index in [1.54, 1.807) is 6.20 Å². The quantitative estimate of drug-likeness (QED) is 0.811. The van der Waals surface area contributed by atoms with E-state index in [0.717, 1.165) is 44.7 Å². The highest BCUT2D eigenvalue weighted by Crippen LogP contribution is 2.18. The number of hydrogen-bond acceptors (Lipinski definition) is 3. The maximum atomic E-state index is 12.4. The van der Waals surface area contributed by atoms with Crippen LogP contribution in [0.15, 0.2) is 42.7 Å². The summed E-state index contributed by atoms with van der Waals surface area (Å²) in [6, 6.07) is 11.1. The van der Waals surface area contributed by atoms with Gasteiger partial charge in [0.2, 0.25) is 5.91 Å². The molecule has 5 heteroatoms. The number of piperidine rings is 1. The standard InChI is InChI=1S/C20H28N4O/c1-22-15-12-21-19(22)8-9-20(25)24-13-10-18(11-14-24)23(2)16-17-6-4-3-5-7-17/h3-7,12,15,18H,8-11,13-14,16H2,1-2H3. The average molecular weight is 340 g/mol. The molecule has 0 unspecified atom stereocenters. The number of hydrogen-bond donors (Lipinski definition) is 0. The van der Waals surface area contributed by atoms with E-state index in [-0.39, 0.29) is 5.91 Å². The van der Waals surface area contributed by atoms with Gasteiger partial charge in [0.1, 0.15) is 5.82 Å². The van der Waals surface area contributed by atoms with Gasteiger partial charge < -0.3 is 9.47 Å². The topological polar surface area (TPSA) is 41.4 Å². The van der Waals surface area contributed by atoms with Crippen LogP contribution in [-0.2, 0) is 24.8 Å². The van der Waals surface area contributed by atoms with Crippen LogP contribution < -0.4 is 0 Å². The number of aryl methyl sites for hydroxylation is 2. The second kappa shape index (κ2) is 8.30. The molecule has 0 N–H and O–H groups in total. The third kappa shape index (κ3) is 4.69. The first-order valence-electron chi connectivity index (χ1n) is 9.11. The van der Waals surface area contributed by atoms with Gasteiger partial charge in [-0.2, -0.15) is 0 Å². The molecular weight excluding hydrogens is 312 g/mol. The molecule has 1 aliphatic heterocycles. The van der Waals surface area contributed by atoms with Gasteiger partial charge in [-0.25, -0.2) is 4.98 Å². The van der Waals surface area contributed by atoms with Crippen LogP contribution in [0.1, 0.15) is 30.7 Å². The second-order valence-corrected chi connectivity index (χ2v) is 6.97. The SMILES string of the molecule is CN(Cc1ccccc1)C1CCN(C(=O)CCc2nccn2C)CC1. The molecule has 0 aliphatic carbocycles. The summed E-state index contributed by atoms with van der Waals surface area (Å²) in [4.78, 5) is 21.2. The third-order valence-electron chi connectivity index (χ3n) is 5.20. The molecule has 1 saturated heterocycles. The highest BCUT2D eigenvalue weighted by molar-refractivity contribution is 5.76. The number of amides is 1. The Morgan fingerprint density at radius 3 is 2.60 bits per heavy atom. The summed E-state index contributed by atoms with van der Waals surface area (Å²) in [5, 5.41) is 0. The van der Waals surface area contributed by atoms with E-state index in [4.69, 9.17) is 0 Å². The number of aromatic nitrogens is 2. The summed E-state index contributed by atoms with van der Waals surface area (Å²) >= 11 is 0. The molecule has 3 rings (SSSR count). The van der Waals surface area contributed by atoms with Crippen molar-refractivity contribution in [3.63, 3.8) is 0 Å². The summed E-state index contributed by atoms with van der Waals surface area (Å²) in [6.45, 7) is 2.70. The molecule has 0 spiro atoms. The Balaban J connectivity index is 1.43. The summed E-state index contributed by atoms with van der Waals surface area (Å²) in [5.74, 6) is 1.23. The first-order chi connectivity index (χ1) is 12.1. The lowest BCUT2D eigenvalue weighted by Gasteiger charge is -2.37. The van der Waals surface area contributed by atoms with Crippen molar-refractivity contribution in [3.05, 3.63) is 54.1 Å². The normalized spacial score (nSPS) is 15.7. The molecule has 0 radical (unpaired) electrons. The van der Waals surface area contributed by atoms with E-state index in [1.165, 1.54) is 5.56 Å². The van der Waals surface area contributed by atoms with Crippen LogP contribution in [-0.4, -0.2) is 51.4 Å². The van der Waals surface area contributed by atoms with E-state index < -0.39 is 0 Å². The molecule has 134 valence electrons. The van der Waals surface area contributed by atoms with Gasteiger partial charge in [-0.1, -0.05) is 30.3 Å². The molecule has 1 amide bonds. The molecule has 1 fully saturated rings. The largest absolute Gasteiger partial charge is 0.343 e. The Labute approximate surface area is 150 Å². The van der Waals surface area contributed by atoms with Crippen molar-refractivity contribution in [1.82, 2.24) is 19.4 Å². The van der Waals surface area contributed by atoms with Gasteiger partial charge in [0.25, 0.3) is 0 Å². The van der Waals surface area contributed by atoms with Crippen molar-refractivity contribution < 1.29 is 4.79 Å². The lowest BCUT2D eigenvalue weighted by atomic mass is 10.0. The average Bonchev–Trinajstić information content (AvgIpc) is 3.05. The summed E-state index contributed by atoms with van der Waals surface area (Å²) in [7, 11) is 4.16. The predicted molar refractivity (Wildman–Crippen MR) is 99.0 cm³/mol. The van der Waals surface area contributed by atoms with Crippen LogP contribution in [0.4, 0.5) is 0 Å². The van der Waals surface area contributed by atoms with E-state index in [1.807, 2.05) is 22.7 Å². The third-order valence-corrected chi connectivity index (χ3v) is 5.20. The maximum absolute atomic E-state index is 12.4. The molecule has 1 aromatic carbocycles. The molecule has 0 bridgehead atoms. The van der Waals surface area contributed by atoms with Gasteiger partial charge in [0.15, 0.2) is 0 Å². The van der Waals surface area contributed by atoms with Crippen molar-refractivity contribution in [2.75, 3.05) is 20.1 Å².